The molecule has 0 aliphatic heterocycles. The molecule has 112 valence electrons. The van der Waals surface area contributed by atoms with E-state index in [1.54, 1.807) is 19.3 Å². The van der Waals surface area contributed by atoms with Crippen molar-refractivity contribution in [3.8, 4) is 0 Å². The maximum atomic E-state index is 12.3. The molecule has 0 radical (unpaired) electrons. The maximum Gasteiger partial charge on any atom is 0.244 e. The first-order valence-corrected chi connectivity index (χ1v) is 6.54. The number of carbonyl (C=O) groups is 1. The monoisotopic (exact) mass is 305 g/mol. The second-order valence-corrected chi connectivity index (χ2v) is 5.05. The summed E-state index contributed by atoms with van der Waals surface area (Å²) >= 11 is 0. The van der Waals surface area contributed by atoms with Crippen molar-refractivity contribution in [3.05, 3.63) is 65.5 Å². The molecule has 0 bridgehead atoms. The molecule has 0 aliphatic rings. The molecule has 0 saturated heterocycles. The van der Waals surface area contributed by atoms with Crippen molar-refractivity contribution in [1.82, 2.24) is 10.3 Å². The first-order valence-electron chi connectivity index (χ1n) is 6.54. The summed E-state index contributed by atoms with van der Waals surface area (Å²) in [6.45, 7) is 4.14. The molecule has 5 heteroatoms. The Kier molecular flexibility index (Phi) is 5.88. The van der Waals surface area contributed by atoms with Crippen molar-refractivity contribution in [2.45, 2.75) is 25.9 Å². The molecule has 0 spiro atoms. The zero-order valence-corrected chi connectivity index (χ0v) is 13.0. The fourth-order valence-electron chi connectivity index (χ4n) is 1.98. The van der Waals surface area contributed by atoms with Gasteiger partial charge in [-0.2, -0.15) is 0 Å². The van der Waals surface area contributed by atoms with E-state index in [1.807, 2.05) is 43.3 Å². The van der Waals surface area contributed by atoms with E-state index in [1.165, 1.54) is 0 Å². The largest absolute Gasteiger partial charge is 0.350 e. The Labute approximate surface area is 131 Å². The first-order chi connectivity index (χ1) is 9.51. The number of amides is 1. The summed E-state index contributed by atoms with van der Waals surface area (Å²) in [6.07, 6.45) is 3.49. The normalized spacial score (nSPS) is 12.9. The van der Waals surface area contributed by atoms with E-state index in [-0.39, 0.29) is 18.3 Å². The number of pyridine rings is 1. The Morgan fingerprint density at radius 2 is 1.95 bits per heavy atom. The highest BCUT2D eigenvalue weighted by atomic mass is 35.5. The van der Waals surface area contributed by atoms with Gasteiger partial charge in [0.25, 0.3) is 0 Å². The van der Waals surface area contributed by atoms with Crippen molar-refractivity contribution in [2.75, 3.05) is 0 Å². The highest BCUT2D eigenvalue weighted by Gasteiger charge is 2.29. The summed E-state index contributed by atoms with van der Waals surface area (Å²) < 4.78 is 0. The number of nitrogens with one attached hydrogen (secondary N) is 1. The van der Waals surface area contributed by atoms with Crippen LogP contribution >= 0.6 is 12.4 Å². The summed E-state index contributed by atoms with van der Waals surface area (Å²) in [7, 11) is 0. The Morgan fingerprint density at radius 3 is 2.57 bits per heavy atom. The van der Waals surface area contributed by atoms with E-state index in [9.17, 15) is 4.79 Å². The van der Waals surface area contributed by atoms with Crippen LogP contribution in [0.15, 0.2) is 48.8 Å². The van der Waals surface area contributed by atoms with E-state index < -0.39 is 5.54 Å². The van der Waals surface area contributed by atoms with Gasteiger partial charge in [-0.3, -0.25) is 9.78 Å². The second kappa shape index (κ2) is 7.20. The lowest BCUT2D eigenvalue weighted by Gasteiger charge is -2.24. The molecule has 1 unspecified atom stereocenters. The van der Waals surface area contributed by atoms with Crippen LogP contribution in [0.4, 0.5) is 0 Å². The molecule has 21 heavy (non-hydrogen) atoms. The van der Waals surface area contributed by atoms with E-state index in [0.717, 1.165) is 16.7 Å². The average molecular weight is 306 g/mol. The SMILES string of the molecule is Cc1cnccc1CNC(=O)C(C)(N)c1ccccc1.Cl. The van der Waals surface area contributed by atoms with Gasteiger partial charge in [-0.1, -0.05) is 30.3 Å². The molecular formula is C16H20ClN3O. The summed E-state index contributed by atoms with van der Waals surface area (Å²) in [5.74, 6) is -0.195. The van der Waals surface area contributed by atoms with Crippen LogP contribution in [0.1, 0.15) is 23.6 Å². The number of halogens is 1. The van der Waals surface area contributed by atoms with Gasteiger partial charge in [0.1, 0.15) is 5.54 Å². The Hall–Kier alpha value is -1.91. The summed E-state index contributed by atoms with van der Waals surface area (Å²) in [4.78, 5) is 16.3. The molecule has 1 atom stereocenters. The van der Waals surface area contributed by atoms with Crippen molar-refractivity contribution in [1.29, 1.82) is 0 Å². The Bertz CT molecular complexity index is 599. The van der Waals surface area contributed by atoms with Gasteiger partial charge < -0.3 is 11.1 Å². The number of rotatable bonds is 4. The minimum Gasteiger partial charge on any atom is -0.350 e. The quantitative estimate of drug-likeness (QED) is 0.911. The lowest BCUT2D eigenvalue weighted by atomic mass is 9.92. The fourth-order valence-corrected chi connectivity index (χ4v) is 1.98. The molecule has 3 N–H and O–H groups in total. The molecule has 4 nitrogen and oxygen atoms in total. The van der Waals surface area contributed by atoms with Crippen LogP contribution in [0.2, 0.25) is 0 Å². The third-order valence-electron chi connectivity index (χ3n) is 3.42. The molecule has 1 amide bonds. The zero-order chi connectivity index (χ0) is 14.6. The van der Waals surface area contributed by atoms with E-state index in [0.29, 0.717) is 6.54 Å². The topological polar surface area (TPSA) is 68.0 Å². The van der Waals surface area contributed by atoms with Crippen LogP contribution in [0.25, 0.3) is 0 Å². The van der Waals surface area contributed by atoms with Gasteiger partial charge in [-0.15, -0.1) is 12.4 Å². The summed E-state index contributed by atoms with van der Waals surface area (Å²) in [6, 6.07) is 11.3. The standard InChI is InChI=1S/C16H19N3O.ClH/c1-12-10-18-9-8-13(12)11-19-15(20)16(2,17)14-6-4-3-5-7-14;/h3-10H,11,17H2,1-2H3,(H,19,20);1H. The molecule has 1 aromatic carbocycles. The molecule has 1 heterocycles. The van der Waals surface area contributed by atoms with Gasteiger partial charge in [-0.25, -0.2) is 0 Å². The number of hydrogen-bond acceptors (Lipinski definition) is 3. The smallest absolute Gasteiger partial charge is 0.244 e. The van der Waals surface area contributed by atoms with Gasteiger partial charge in [0.2, 0.25) is 5.91 Å². The van der Waals surface area contributed by atoms with Gasteiger partial charge >= 0.3 is 0 Å². The van der Waals surface area contributed by atoms with Crippen molar-refractivity contribution in [2.24, 2.45) is 5.73 Å². The molecule has 0 fully saturated rings. The molecule has 0 aliphatic carbocycles. The number of aryl methyl sites for hydroxylation is 1. The number of benzene rings is 1. The molecule has 1 aromatic heterocycles. The van der Waals surface area contributed by atoms with E-state index in [2.05, 4.69) is 10.3 Å². The number of aromatic nitrogens is 1. The lowest BCUT2D eigenvalue weighted by Crippen LogP contribution is -2.48. The van der Waals surface area contributed by atoms with E-state index >= 15 is 0 Å². The van der Waals surface area contributed by atoms with Gasteiger partial charge in [-0.05, 0) is 36.6 Å². The third-order valence-corrected chi connectivity index (χ3v) is 3.42. The van der Waals surface area contributed by atoms with Gasteiger partial charge in [0, 0.05) is 18.9 Å². The number of hydrogen-bond donors (Lipinski definition) is 2. The average Bonchev–Trinajstić information content (AvgIpc) is 2.47. The summed E-state index contributed by atoms with van der Waals surface area (Å²) in [5.41, 5.74) is 8.00. The van der Waals surface area contributed by atoms with Crippen LogP contribution in [-0.4, -0.2) is 10.9 Å². The minimum absolute atomic E-state index is 0. The first kappa shape index (κ1) is 17.1. The van der Waals surface area contributed by atoms with Crippen LogP contribution in [0.3, 0.4) is 0 Å². The Balaban J connectivity index is 0.00000220. The second-order valence-electron chi connectivity index (χ2n) is 5.05. The minimum atomic E-state index is -1.04. The van der Waals surface area contributed by atoms with E-state index in [4.69, 9.17) is 5.73 Å². The molecule has 0 saturated carbocycles. The van der Waals surface area contributed by atoms with Crippen LogP contribution in [0.5, 0.6) is 0 Å². The van der Waals surface area contributed by atoms with Crippen molar-refractivity contribution < 1.29 is 4.79 Å². The number of carbonyl (C=O) groups excluding carboxylic acids is 1. The van der Waals surface area contributed by atoms with Gasteiger partial charge in [0.15, 0.2) is 0 Å². The van der Waals surface area contributed by atoms with Crippen LogP contribution in [-0.2, 0) is 16.9 Å². The van der Waals surface area contributed by atoms with Gasteiger partial charge in [0.05, 0.1) is 0 Å². The fraction of sp³-hybridized carbons (Fsp3) is 0.250. The molecular weight excluding hydrogens is 286 g/mol. The lowest BCUT2D eigenvalue weighted by molar-refractivity contribution is -0.126. The number of nitrogens with zero attached hydrogens (tertiary/aromatic N) is 1. The molecule has 2 rings (SSSR count). The van der Waals surface area contributed by atoms with Crippen molar-refractivity contribution >= 4 is 18.3 Å². The maximum absolute atomic E-state index is 12.3. The molecule has 2 aromatic rings. The highest BCUT2D eigenvalue weighted by molar-refractivity contribution is 5.87. The number of nitrogens with two attached hydrogens (primary N) is 1. The summed E-state index contributed by atoms with van der Waals surface area (Å²) in [5, 5.41) is 2.89. The Morgan fingerprint density at radius 1 is 1.29 bits per heavy atom. The zero-order valence-electron chi connectivity index (χ0n) is 12.2. The third kappa shape index (κ3) is 4.03. The van der Waals surface area contributed by atoms with Crippen molar-refractivity contribution in [3.63, 3.8) is 0 Å². The highest BCUT2D eigenvalue weighted by Crippen LogP contribution is 2.17. The predicted molar refractivity (Wildman–Crippen MR) is 86.1 cm³/mol. The predicted octanol–water partition coefficient (Wildman–Crippen LogP) is 2.30. The van der Waals surface area contributed by atoms with Crippen LogP contribution < -0.4 is 11.1 Å². The van der Waals surface area contributed by atoms with Crippen LogP contribution in [0, 0.1) is 6.92 Å².